The van der Waals surface area contributed by atoms with Crippen molar-refractivity contribution in [2.75, 3.05) is 36.0 Å². The Balaban J connectivity index is 1.53. The van der Waals surface area contributed by atoms with E-state index in [1.807, 2.05) is 13.0 Å². The minimum atomic E-state index is -1.03. The van der Waals surface area contributed by atoms with Crippen LogP contribution in [0.25, 0.3) is 0 Å². The smallest absolute Gasteiger partial charge is 0.411 e. The van der Waals surface area contributed by atoms with Crippen LogP contribution in [0.3, 0.4) is 0 Å². The Labute approximate surface area is 195 Å². The number of likely N-dealkylation sites (tertiary alicyclic amines) is 1. The number of aliphatic hydroxyl groups excluding tert-OH is 1. The van der Waals surface area contributed by atoms with Gasteiger partial charge in [-0.25, -0.2) is 4.79 Å². The molecular weight excluding hydrogens is 420 g/mol. The van der Waals surface area contributed by atoms with E-state index in [9.17, 15) is 25.1 Å². The molecule has 1 saturated carbocycles. The van der Waals surface area contributed by atoms with E-state index in [0.29, 0.717) is 30.8 Å². The molecule has 0 radical (unpaired) electrons. The quantitative estimate of drug-likeness (QED) is 0.704. The molecule has 3 fully saturated rings. The van der Waals surface area contributed by atoms with Gasteiger partial charge in [-0.05, 0) is 69.6 Å². The van der Waals surface area contributed by atoms with E-state index in [4.69, 9.17) is 0 Å². The van der Waals surface area contributed by atoms with Gasteiger partial charge in [0, 0.05) is 37.9 Å². The van der Waals surface area contributed by atoms with E-state index < -0.39 is 11.5 Å². The molecule has 0 aromatic heterocycles. The lowest BCUT2D eigenvalue weighted by Crippen LogP contribution is -2.50. The van der Waals surface area contributed by atoms with E-state index in [1.54, 1.807) is 12.1 Å². The molecule has 2 saturated heterocycles. The number of benzene rings is 1. The third-order valence-corrected chi connectivity index (χ3v) is 7.66. The minimum Gasteiger partial charge on any atom is -0.465 e. The standard InChI is InChI=1S/C25H34N4O4/c1-2-12-29(24(32)33)20-6-9-22(18(15-20)16-26)27-13-3-10-25(17-27)11-14-28(23(25)31)19-4-7-21(30)8-5-19/h6,9,15,19,21,30H,2-5,7-8,10-14,17H2,1H3,(H,32,33)/t19-,21-,25?. The predicted molar refractivity (Wildman–Crippen MR) is 125 cm³/mol. The van der Waals surface area contributed by atoms with E-state index >= 15 is 0 Å². The van der Waals surface area contributed by atoms with Gasteiger partial charge < -0.3 is 20.0 Å². The number of amides is 2. The van der Waals surface area contributed by atoms with Crippen LogP contribution in [0.5, 0.6) is 0 Å². The monoisotopic (exact) mass is 454 g/mol. The van der Waals surface area contributed by atoms with Crippen molar-refractivity contribution in [3.8, 4) is 6.07 Å². The Morgan fingerprint density at radius 3 is 2.67 bits per heavy atom. The first-order valence-corrected chi connectivity index (χ1v) is 12.2. The molecule has 2 amide bonds. The highest BCUT2D eigenvalue weighted by Crippen LogP contribution is 2.44. The second-order valence-electron chi connectivity index (χ2n) is 9.76. The number of hydrogen-bond donors (Lipinski definition) is 2. The predicted octanol–water partition coefficient (Wildman–Crippen LogP) is 3.58. The van der Waals surface area contributed by atoms with Crippen molar-refractivity contribution >= 4 is 23.4 Å². The van der Waals surface area contributed by atoms with Crippen molar-refractivity contribution < 1.29 is 19.8 Å². The Kier molecular flexibility index (Phi) is 6.80. The molecule has 1 unspecified atom stereocenters. The summed E-state index contributed by atoms with van der Waals surface area (Å²) in [7, 11) is 0. The van der Waals surface area contributed by atoms with Crippen LogP contribution in [-0.2, 0) is 4.79 Å². The number of piperidine rings is 1. The van der Waals surface area contributed by atoms with E-state index in [2.05, 4.69) is 15.9 Å². The van der Waals surface area contributed by atoms with Crippen molar-refractivity contribution in [1.29, 1.82) is 5.26 Å². The molecule has 2 aliphatic heterocycles. The molecule has 1 atom stereocenters. The number of carbonyl (C=O) groups is 2. The molecule has 1 aromatic carbocycles. The summed E-state index contributed by atoms with van der Waals surface area (Å²) in [6.07, 6.45) is 5.23. The van der Waals surface area contributed by atoms with Crippen LogP contribution in [-0.4, -0.2) is 65.4 Å². The van der Waals surface area contributed by atoms with Crippen LogP contribution >= 0.6 is 0 Å². The van der Waals surface area contributed by atoms with Gasteiger partial charge in [0.1, 0.15) is 6.07 Å². The zero-order valence-corrected chi connectivity index (χ0v) is 19.4. The summed E-state index contributed by atoms with van der Waals surface area (Å²) >= 11 is 0. The number of nitrogens with zero attached hydrogens (tertiary/aromatic N) is 4. The number of aliphatic hydroxyl groups is 1. The summed E-state index contributed by atoms with van der Waals surface area (Å²) < 4.78 is 0. The molecule has 178 valence electrons. The van der Waals surface area contributed by atoms with Gasteiger partial charge in [-0.1, -0.05) is 6.92 Å². The molecule has 1 aromatic rings. The third kappa shape index (κ3) is 4.51. The molecule has 8 nitrogen and oxygen atoms in total. The summed E-state index contributed by atoms with van der Waals surface area (Å²) in [5, 5.41) is 29.2. The summed E-state index contributed by atoms with van der Waals surface area (Å²) in [5.74, 6) is 0.226. The fraction of sp³-hybridized carbons (Fsp3) is 0.640. The number of carboxylic acid groups (broad SMARTS) is 1. The fourth-order valence-corrected chi connectivity index (χ4v) is 5.90. The maximum Gasteiger partial charge on any atom is 0.411 e. The Hall–Kier alpha value is -2.79. The average molecular weight is 455 g/mol. The maximum atomic E-state index is 13.6. The second kappa shape index (κ2) is 9.60. The first kappa shape index (κ1) is 23.4. The van der Waals surface area contributed by atoms with Gasteiger partial charge in [-0.3, -0.25) is 9.69 Å². The molecule has 33 heavy (non-hydrogen) atoms. The van der Waals surface area contributed by atoms with Crippen LogP contribution in [0.2, 0.25) is 0 Å². The van der Waals surface area contributed by atoms with Gasteiger partial charge in [0.2, 0.25) is 5.91 Å². The van der Waals surface area contributed by atoms with Crippen molar-refractivity contribution in [3.05, 3.63) is 23.8 Å². The van der Waals surface area contributed by atoms with Crippen molar-refractivity contribution in [1.82, 2.24) is 4.90 Å². The largest absolute Gasteiger partial charge is 0.465 e. The number of nitriles is 1. The lowest BCUT2D eigenvalue weighted by atomic mass is 9.78. The first-order chi connectivity index (χ1) is 15.9. The Bertz CT molecular complexity index is 937. The van der Waals surface area contributed by atoms with Gasteiger partial charge in [-0.2, -0.15) is 5.26 Å². The van der Waals surface area contributed by atoms with Crippen LogP contribution in [0.15, 0.2) is 18.2 Å². The molecule has 0 bridgehead atoms. The van der Waals surface area contributed by atoms with Gasteiger partial charge in [0.05, 0.1) is 22.8 Å². The van der Waals surface area contributed by atoms with Crippen LogP contribution in [0.1, 0.15) is 63.9 Å². The zero-order valence-electron chi connectivity index (χ0n) is 19.4. The van der Waals surface area contributed by atoms with E-state index in [0.717, 1.165) is 63.7 Å². The van der Waals surface area contributed by atoms with Crippen LogP contribution < -0.4 is 9.80 Å². The molecule has 4 rings (SSSR count). The van der Waals surface area contributed by atoms with Gasteiger partial charge in [-0.15, -0.1) is 0 Å². The van der Waals surface area contributed by atoms with Crippen LogP contribution in [0.4, 0.5) is 16.2 Å². The van der Waals surface area contributed by atoms with Crippen molar-refractivity contribution in [2.24, 2.45) is 5.41 Å². The molecular formula is C25H34N4O4. The van der Waals surface area contributed by atoms with Gasteiger partial charge in [0.25, 0.3) is 0 Å². The van der Waals surface area contributed by atoms with Crippen molar-refractivity contribution in [2.45, 2.75) is 70.4 Å². The van der Waals surface area contributed by atoms with Gasteiger partial charge in [0.15, 0.2) is 0 Å². The SMILES string of the molecule is CCCN(C(=O)O)c1ccc(N2CCCC3(CCN([C@H]4CC[C@H](O)CC4)C3=O)C2)c(C#N)c1. The Morgan fingerprint density at radius 1 is 1.24 bits per heavy atom. The molecule has 1 spiro atoms. The van der Waals surface area contributed by atoms with Crippen molar-refractivity contribution in [3.63, 3.8) is 0 Å². The summed E-state index contributed by atoms with van der Waals surface area (Å²) in [6, 6.07) is 7.71. The molecule has 3 aliphatic rings. The van der Waals surface area contributed by atoms with Gasteiger partial charge >= 0.3 is 6.09 Å². The first-order valence-electron chi connectivity index (χ1n) is 12.2. The zero-order chi connectivity index (χ0) is 23.6. The fourth-order valence-electron chi connectivity index (χ4n) is 5.90. The molecule has 8 heteroatoms. The lowest BCUT2D eigenvalue weighted by molar-refractivity contribution is -0.139. The number of rotatable bonds is 5. The molecule has 2 N–H and O–H groups in total. The highest BCUT2D eigenvalue weighted by Gasteiger charge is 2.50. The highest BCUT2D eigenvalue weighted by molar-refractivity contribution is 5.88. The second-order valence-corrected chi connectivity index (χ2v) is 9.76. The summed E-state index contributed by atoms with van der Waals surface area (Å²) in [6.45, 7) is 4.41. The normalized spacial score (nSPS) is 27.6. The number of carbonyl (C=O) groups excluding carboxylic acids is 1. The lowest BCUT2D eigenvalue weighted by Gasteiger charge is -2.41. The average Bonchev–Trinajstić information content (AvgIpc) is 3.12. The number of anilines is 2. The minimum absolute atomic E-state index is 0.226. The van der Waals surface area contributed by atoms with Crippen LogP contribution in [0, 0.1) is 16.7 Å². The van der Waals surface area contributed by atoms with E-state index in [1.165, 1.54) is 4.90 Å². The topological polar surface area (TPSA) is 108 Å². The summed E-state index contributed by atoms with van der Waals surface area (Å²) in [5.41, 5.74) is 1.29. The molecule has 2 heterocycles. The molecule has 1 aliphatic carbocycles. The van der Waals surface area contributed by atoms with E-state index in [-0.39, 0.29) is 18.1 Å². The number of hydrogen-bond acceptors (Lipinski definition) is 5. The summed E-state index contributed by atoms with van der Waals surface area (Å²) in [4.78, 5) is 30.7. The third-order valence-electron chi connectivity index (χ3n) is 7.66. The highest BCUT2D eigenvalue weighted by atomic mass is 16.4. The Morgan fingerprint density at radius 2 is 2.00 bits per heavy atom. The maximum absolute atomic E-state index is 13.6.